The van der Waals surface area contributed by atoms with Gasteiger partial charge in [0.15, 0.2) is 11.5 Å². The van der Waals surface area contributed by atoms with Crippen LogP contribution in [-0.2, 0) is 6.54 Å². The number of carbonyl (C=O) groups excluding carboxylic acids is 1. The van der Waals surface area contributed by atoms with Crippen LogP contribution in [0.5, 0.6) is 17.2 Å². The molecule has 25 heavy (non-hydrogen) atoms. The van der Waals surface area contributed by atoms with Crippen molar-refractivity contribution in [2.45, 2.75) is 6.54 Å². The number of methoxy groups -OCH3 is 3. The van der Waals surface area contributed by atoms with E-state index in [1.54, 1.807) is 31.4 Å². The van der Waals surface area contributed by atoms with Crippen LogP contribution in [0, 0.1) is 10.1 Å². The number of hydrogen-bond acceptors (Lipinski definition) is 6. The highest BCUT2D eigenvalue weighted by Gasteiger charge is 2.24. The van der Waals surface area contributed by atoms with E-state index in [1.807, 2.05) is 0 Å². The molecule has 0 fully saturated rings. The number of rotatable bonds is 7. The fraction of sp³-hybridized carbons (Fsp3) is 0.235. The third-order valence-corrected chi connectivity index (χ3v) is 3.56. The summed E-state index contributed by atoms with van der Waals surface area (Å²) in [5, 5.41) is 13.9. The molecule has 1 amide bonds. The molecule has 0 aromatic heterocycles. The summed E-state index contributed by atoms with van der Waals surface area (Å²) in [5.41, 5.74) is 0.373. The molecule has 0 aliphatic rings. The number of nitrogens with zero attached hydrogens (tertiary/aromatic N) is 1. The van der Waals surface area contributed by atoms with Gasteiger partial charge in [0, 0.05) is 12.6 Å². The zero-order valence-electron chi connectivity index (χ0n) is 14.1. The molecule has 0 saturated carbocycles. The number of nitro benzene ring substituents is 1. The van der Waals surface area contributed by atoms with Gasteiger partial charge >= 0.3 is 0 Å². The Bertz CT molecular complexity index is 773. The molecule has 0 bridgehead atoms. The highest BCUT2D eigenvalue weighted by atomic mass is 16.6. The second-order valence-corrected chi connectivity index (χ2v) is 5.01. The van der Waals surface area contributed by atoms with Crippen molar-refractivity contribution in [3.05, 3.63) is 57.6 Å². The van der Waals surface area contributed by atoms with E-state index in [0.29, 0.717) is 5.75 Å². The molecule has 2 rings (SSSR count). The molecule has 2 aromatic rings. The molecular formula is C17H18N2O6. The van der Waals surface area contributed by atoms with E-state index < -0.39 is 10.8 Å². The topological polar surface area (TPSA) is 99.9 Å². The van der Waals surface area contributed by atoms with Gasteiger partial charge in [0.1, 0.15) is 11.3 Å². The number of nitro groups is 1. The average Bonchev–Trinajstić information content (AvgIpc) is 2.65. The predicted octanol–water partition coefficient (Wildman–Crippen LogP) is 2.55. The fourth-order valence-electron chi connectivity index (χ4n) is 2.22. The van der Waals surface area contributed by atoms with E-state index in [4.69, 9.17) is 14.2 Å². The van der Waals surface area contributed by atoms with Crippen LogP contribution in [0.2, 0.25) is 0 Å². The zero-order chi connectivity index (χ0) is 18.4. The van der Waals surface area contributed by atoms with Crippen molar-refractivity contribution < 1.29 is 23.9 Å². The van der Waals surface area contributed by atoms with Gasteiger partial charge in [0.25, 0.3) is 11.6 Å². The van der Waals surface area contributed by atoms with Gasteiger partial charge < -0.3 is 19.5 Å². The molecule has 0 aliphatic heterocycles. The van der Waals surface area contributed by atoms with Crippen molar-refractivity contribution in [2.75, 3.05) is 21.3 Å². The second-order valence-electron chi connectivity index (χ2n) is 5.01. The summed E-state index contributed by atoms with van der Waals surface area (Å²) in [6.07, 6.45) is 0. The lowest BCUT2D eigenvalue weighted by atomic mass is 10.1. The van der Waals surface area contributed by atoms with Gasteiger partial charge in [-0.15, -0.1) is 0 Å². The average molecular weight is 346 g/mol. The maximum absolute atomic E-state index is 12.4. The summed E-state index contributed by atoms with van der Waals surface area (Å²) in [6, 6.07) is 9.58. The Kier molecular flexibility index (Phi) is 5.78. The minimum atomic E-state index is -0.635. The molecule has 0 saturated heterocycles. The quantitative estimate of drug-likeness (QED) is 0.611. The summed E-state index contributed by atoms with van der Waals surface area (Å²) in [4.78, 5) is 23.0. The van der Waals surface area contributed by atoms with E-state index in [0.717, 1.165) is 5.56 Å². The number of ether oxygens (including phenoxy) is 3. The summed E-state index contributed by atoms with van der Waals surface area (Å²) >= 11 is 0. The van der Waals surface area contributed by atoms with Gasteiger partial charge in [-0.2, -0.15) is 0 Å². The van der Waals surface area contributed by atoms with Crippen LogP contribution in [0.15, 0.2) is 36.4 Å². The smallest absolute Gasteiger partial charge is 0.286 e. The van der Waals surface area contributed by atoms with Crippen LogP contribution in [-0.4, -0.2) is 32.2 Å². The zero-order valence-corrected chi connectivity index (χ0v) is 14.1. The van der Waals surface area contributed by atoms with Crippen molar-refractivity contribution in [2.24, 2.45) is 0 Å². The number of amides is 1. The second kappa shape index (κ2) is 8.00. The van der Waals surface area contributed by atoms with E-state index in [2.05, 4.69) is 5.32 Å². The first kappa shape index (κ1) is 18.1. The highest BCUT2D eigenvalue weighted by Crippen LogP contribution is 2.34. The van der Waals surface area contributed by atoms with Crippen LogP contribution >= 0.6 is 0 Å². The number of benzene rings is 2. The van der Waals surface area contributed by atoms with Gasteiger partial charge in [-0.1, -0.05) is 12.1 Å². The monoisotopic (exact) mass is 346 g/mol. The molecule has 0 radical (unpaired) electrons. The normalized spacial score (nSPS) is 10.0. The molecule has 0 unspecified atom stereocenters. The maximum atomic E-state index is 12.4. The highest BCUT2D eigenvalue weighted by molar-refractivity contribution is 5.99. The van der Waals surface area contributed by atoms with Gasteiger partial charge in [0.05, 0.1) is 32.3 Å². The molecule has 1 N–H and O–H groups in total. The Morgan fingerprint density at radius 1 is 1.04 bits per heavy atom. The Hall–Kier alpha value is -3.29. The minimum absolute atomic E-state index is 0.101. The van der Waals surface area contributed by atoms with Crippen molar-refractivity contribution in [3.8, 4) is 17.2 Å². The lowest BCUT2D eigenvalue weighted by Gasteiger charge is -2.11. The Morgan fingerprint density at radius 3 is 2.16 bits per heavy atom. The van der Waals surface area contributed by atoms with E-state index in [1.165, 1.54) is 26.4 Å². The van der Waals surface area contributed by atoms with Gasteiger partial charge in [-0.05, 0) is 17.7 Å². The van der Waals surface area contributed by atoms with E-state index in [9.17, 15) is 14.9 Å². The molecular weight excluding hydrogens is 328 g/mol. The van der Waals surface area contributed by atoms with Crippen LogP contribution in [0.3, 0.4) is 0 Å². The number of carbonyl (C=O) groups is 1. The summed E-state index contributed by atoms with van der Waals surface area (Å²) < 4.78 is 15.2. The molecule has 0 aliphatic carbocycles. The molecule has 0 heterocycles. The molecule has 0 atom stereocenters. The lowest BCUT2D eigenvalue weighted by molar-refractivity contribution is -0.385. The maximum Gasteiger partial charge on any atom is 0.286 e. The first-order chi connectivity index (χ1) is 12.0. The number of nitrogens with one attached hydrogen (secondary N) is 1. The van der Waals surface area contributed by atoms with E-state index >= 15 is 0 Å². The minimum Gasteiger partial charge on any atom is -0.497 e. The van der Waals surface area contributed by atoms with E-state index in [-0.39, 0.29) is 29.3 Å². The first-order valence-corrected chi connectivity index (χ1v) is 7.31. The molecule has 8 nitrogen and oxygen atoms in total. The molecule has 0 spiro atoms. The third-order valence-electron chi connectivity index (χ3n) is 3.56. The van der Waals surface area contributed by atoms with Crippen LogP contribution < -0.4 is 19.5 Å². The van der Waals surface area contributed by atoms with Crippen LogP contribution in [0.25, 0.3) is 0 Å². The van der Waals surface area contributed by atoms with Crippen LogP contribution in [0.4, 0.5) is 5.69 Å². The third kappa shape index (κ3) is 4.17. The Morgan fingerprint density at radius 2 is 1.64 bits per heavy atom. The van der Waals surface area contributed by atoms with Crippen molar-refractivity contribution in [3.63, 3.8) is 0 Å². The fourth-order valence-corrected chi connectivity index (χ4v) is 2.22. The predicted molar refractivity (Wildman–Crippen MR) is 90.4 cm³/mol. The number of hydrogen-bond donors (Lipinski definition) is 1. The Balaban J connectivity index is 2.23. The SMILES string of the molecule is COc1ccc(CNC(=O)c2cc(OC)c(OC)cc2[N+](=O)[O-])cc1. The molecule has 8 heteroatoms. The largest absolute Gasteiger partial charge is 0.497 e. The van der Waals surface area contributed by atoms with Crippen molar-refractivity contribution in [1.29, 1.82) is 0 Å². The van der Waals surface area contributed by atoms with Gasteiger partial charge in [-0.3, -0.25) is 14.9 Å². The Labute approximate surface area is 144 Å². The van der Waals surface area contributed by atoms with Crippen molar-refractivity contribution >= 4 is 11.6 Å². The molecule has 2 aromatic carbocycles. The van der Waals surface area contributed by atoms with Crippen molar-refractivity contribution in [1.82, 2.24) is 5.32 Å². The van der Waals surface area contributed by atoms with Gasteiger partial charge in [-0.25, -0.2) is 0 Å². The first-order valence-electron chi connectivity index (χ1n) is 7.31. The standard InChI is InChI=1S/C17H18N2O6/c1-23-12-6-4-11(5-7-12)10-18-17(20)13-8-15(24-2)16(25-3)9-14(13)19(21)22/h4-9H,10H2,1-3H3,(H,18,20). The summed E-state index contributed by atoms with van der Waals surface area (Å²) in [5.74, 6) is 0.540. The summed E-state index contributed by atoms with van der Waals surface area (Å²) in [7, 11) is 4.32. The lowest BCUT2D eigenvalue weighted by Crippen LogP contribution is -2.23. The molecule has 132 valence electrons. The summed E-state index contributed by atoms with van der Waals surface area (Å²) in [6.45, 7) is 0.217. The van der Waals surface area contributed by atoms with Crippen LogP contribution in [0.1, 0.15) is 15.9 Å². The van der Waals surface area contributed by atoms with Gasteiger partial charge in [0.2, 0.25) is 0 Å².